The average molecular weight is 484 g/mol. The number of non-ortho nitro benzene ring substituents is 1. The van der Waals surface area contributed by atoms with Crippen molar-refractivity contribution in [2.75, 3.05) is 20.3 Å². The number of methoxy groups -OCH3 is 1. The molecule has 1 unspecified atom stereocenters. The third-order valence-electron chi connectivity index (χ3n) is 4.57. The predicted octanol–water partition coefficient (Wildman–Crippen LogP) is 3.84. The number of esters is 1. The topological polar surface area (TPSA) is 126 Å². The van der Waals surface area contributed by atoms with Crippen molar-refractivity contribution in [1.29, 1.82) is 0 Å². The smallest absolute Gasteiger partial charge is 0.382 e. The van der Waals surface area contributed by atoms with Crippen LogP contribution in [-0.2, 0) is 39.7 Å². The lowest BCUT2D eigenvalue weighted by atomic mass is 9.80. The molecule has 0 aromatic heterocycles. The minimum absolute atomic E-state index is 0.0464. The Bertz CT molecular complexity index is 1030. The number of benzene rings is 1. The average Bonchev–Trinajstić information content (AvgIpc) is 2.72. The highest BCUT2D eigenvalue weighted by atomic mass is 32.5. The van der Waals surface area contributed by atoms with E-state index in [0.717, 1.165) is 0 Å². The second-order valence-corrected chi connectivity index (χ2v) is 9.58. The van der Waals surface area contributed by atoms with Gasteiger partial charge in [0.2, 0.25) is 0 Å². The molecule has 1 N–H and O–H groups in total. The van der Waals surface area contributed by atoms with Gasteiger partial charge in [-0.2, -0.15) is 0 Å². The zero-order valence-electron chi connectivity index (χ0n) is 18.4. The fraction of sp³-hybridized carbons (Fsp3) is 0.400. The number of nitro benzene ring substituents is 1. The Balaban J connectivity index is 2.65. The maximum atomic E-state index is 13.3. The van der Waals surface area contributed by atoms with Crippen LogP contribution in [0.25, 0.3) is 0 Å². The molecule has 1 atom stereocenters. The molecule has 0 amide bonds. The first-order chi connectivity index (χ1) is 15.1. The molecule has 0 saturated carbocycles. The number of nitrogens with one attached hydrogen (secondary N) is 1. The van der Waals surface area contributed by atoms with E-state index in [4.69, 9.17) is 30.1 Å². The van der Waals surface area contributed by atoms with Gasteiger partial charge in [-0.25, -0.2) is 9.59 Å². The number of hydrogen-bond acceptors (Lipinski definition) is 10. The van der Waals surface area contributed by atoms with Gasteiger partial charge in [0.25, 0.3) is 5.69 Å². The van der Waals surface area contributed by atoms with E-state index in [0.29, 0.717) is 17.0 Å². The lowest BCUT2D eigenvalue weighted by Crippen LogP contribution is -2.32. The molecular weight excluding hydrogens is 459 g/mol. The summed E-state index contributed by atoms with van der Waals surface area (Å²) >= 11 is 5.31. The van der Waals surface area contributed by atoms with Crippen LogP contribution < -0.4 is 5.32 Å². The van der Waals surface area contributed by atoms with Crippen molar-refractivity contribution in [1.82, 2.24) is 5.32 Å². The quantitative estimate of drug-likeness (QED) is 0.239. The van der Waals surface area contributed by atoms with Crippen LogP contribution in [-0.4, -0.2) is 37.2 Å². The third-order valence-corrected chi connectivity index (χ3v) is 6.96. The van der Waals surface area contributed by atoms with Crippen molar-refractivity contribution >= 4 is 36.2 Å². The summed E-state index contributed by atoms with van der Waals surface area (Å²) in [5.41, 5.74) is 1.15. The summed E-state index contributed by atoms with van der Waals surface area (Å²) in [5.74, 6) is -2.55. The molecular formula is C20H25N2O8PS. The van der Waals surface area contributed by atoms with Crippen molar-refractivity contribution in [3.05, 3.63) is 62.5 Å². The molecule has 0 bridgehead atoms. The van der Waals surface area contributed by atoms with E-state index in [9.17, 15) is 19.7 Å². The fourth-order valence-electron chi connectivity index (χ4n) is 3.35. The van der Waals surface area contributed by atoms with Gasteiger partial charge in [-0.05, 0) is 33.3 Å². The summed E-state index contributed by atoms with van der Waals surface area (Å²) in [6, 6.07) is 5.68. The van der Waals surface area contributed by atoms with Crippen LogP contribution in [0, 0.1) is 10.1 Å². The number of ether oxygens (including phenoxy) is 1. The van der Waals surface area contributed by atoms with Crippen molar-refractivity contribution in [3.63, 3.8) is 0 Å². The van der Waals surface area contributed by atoms with Gasteiger partial charge in [0.1, 0.15) is 0 Å². The Hall–Kier alpha value is -2.59. The van der Waals surface area contributed by atoms with Crippen LogP contribution in [0.15, 0.2) is 46.8 Å². The molecule has 10 nitrogen and oxygen atoms in total. The molecule has 174 valence electrons. The second kappa shape index (κ2) is 10.8. The van der Waals surface area contributed by atoms with Crippen molar-refractivity contribution in [2.45, 2.75) is 33.6 Å². The number of nitrogens with zero attached hydrogens (tertiary/aromatic N) is 1. The minimum Gasteiger partial charge on any atom is -0.466 e. The van der Waals surface area contributed by atoms with Crippen LogP contribution in [0.5, 0.6) is 0 Å². The van der Waals surface area contributed by atoms with Gasteiger partial charge in [-0.3, -0.25) is 19.2 Å². The molecule has 0 saturated heterocycles. The van der Waals surface area contributed by atoms with Crippen molar-refractivity contribution in [2.24, 2.45) is 0 Å². The predicted molar refractivity (Wildman–Crippen MR) is 120 cm³/mol. The lowest BCUT2D eigenvalue weighted by molar-refractivity contribution is -0.384. The van der Waals surface area contributed by atoms with E-state index in [1.54, 1.807) is 33.8 Å². The van der Waals surface area contributed by atoms with Crippen LogP contribution in [0.4, 0.5) is 5.69 Å². The zero-order chi connectivity index (χ0) is 24.1. The number of carbonyl (C=O) groups excluding carboxylic acids is 2. The molecule has 1 aliphatic rings. The van der Waals surface area contributed by atoms with Gasteiger partial charge in [0, 0.05) is 35.3 Å². The molecule has 0 spiro atoms. The highest BCUT2D eigenvalue weighted by Crippen LogP contribution is 2.52. The summed E-state index contributed by atoms with van der Waals surface area (Å²) in [4.78, 5) is 36.7. The molecule has 1 aromatic carbocycles. The van der Waals surface area contributed by atoms with Crippen molar-refractivity contribution in [3.8, 4) is 0 Å². The van der Waals surface area contributed by atoms with Crippen molar-refractivity contribution < 1.29 is 32.8 Å². The van der Waals surface area contributed by atoms with Crippen LogP contribution >= 0.6 is 6.72 Å². The standard InChI is InChI=1S/C20H25N2O8PS/c1-6-28-31(32,29-7-2)30-20(24)17-13(4)21-12(3)16(19(23)27-5)18(17)14-9-8-10-15(11-14)22(25)26/h8-11,18,21H,6-7H2,1-5H3. The number of nitro groups is 1. The Labute approximate surface area is 191 Å². The van der Waals surface area contributed by atoms with E-state index < -0.39 is 29.5 Å². The number of dihydropyridines is 1. The molecule has 32 heavy (non-hydrogen) atoms. The summed E-state index contributed by atoms with van der Waals surface area (Å²) in [5, 5.41) is 14.3. The van der Waals surface area contributed by atoms with Gasteiger partial charge in [0.15, 0.2) is 0 Å². The summed E-state index contributed by atoms with van der Waals surface area (Å²) < 4.78 is 21.2. The fourth-order valence-corrected chi connectivity index (χ4v) is 5.30. The second-order valence-electron chi connectivity index (χ2n) is 6.64. The highest BCUT2D eigenvalue weighted by Gasteiger charge is 2.40. The summed E-state index contributed by atoms with van der Waals surface area (Å²) in [7, 11) is 1.21. The van der Waals surface area contributed by atoms with Gasteiger partial charge in [-0.1, -0.05) is 12.1 Å². The largest absolute Gasteiger partial charge is 0.466 e. The van der Waals surface area contributed by atoms with Gasteiger partial charge in [0.05, 0.1) is 42.3 Å². The monoisotopic (exact) mass is 484 g/mol. The number of allylic oxidation sites excluding steroid dienone is 2. The van der Waals surface area contributed by atoms with Gasteiger partial charge < -0.3 is 14.6 Å². The molecule has 1 aromatic rings. The van der Waals surface area contributed by atoms with E-state index in [2.05, 4.69) is 5.32 Å². The summed E-state index contributed by atoms with van der Waals surface area (Å²) in [6.07, 6.45) is 0. The Morgan fingerprint density at radius 3 is 2.19 bits per heavy atom. The third kappa shape index (κ3) is 5.60. The van der Waals surface area contributed by atoms with E-state index >= 15 is 0 Å². The Morgan fingerprint density at radius 2 is 1.69 bits per heavy atom. The molecule has 1 aliphatic heterocycles. The highest BCUT2D eigenvalue weighted by molar-refractivity contribution is 8.07. The molecule has 2 rings (SSSR count). The maximum absolute atomic E-state index is 13.3. The molecule has 1 heterocycles. The molecule has 0 fully saturated rings. The first kappa shape index (κ1) is 25.7. The van der Waals surface area contributed by atoms with E-state index in [1.807, 2.05) is 0 Å². The summed E-state index contributed by atoms with van der Waals surface area (Å²) in [6.45, 7) is 3.59. The van der Waals surface area contributed by atoms with Crippen LogP contribution in [0.1, 0.15) is 39.2 Å². The van der Waals surface area contributed by atoms with Gasteiger partial charge in [-0.15, -0.1) is 0 Å². The number of hydrogen-bond donors (Lipinski definition) is 1. The first-order valence-electron chi connectivity index (χ1n) is 9.72. The Kier molecular flexibility index (Phi) is 8.68. The zero-order valence-corrected chi connectivity index (χ0v) is 20.1. The molecule has 0 aliphatic carbocycles. The Morgan fingerprint density at radius 1 is 1.12 bits per heavy atom. The maximum Gasteiger partial charge on any atom is 0.382 e. The molecule has 12 heteroatoms. The van der Waals surface area contributed by atoms with Crippen LogP contribution in [0.2, 0.25) is 0 Å². The number of rotatable bonds is 9. The van der Waals surface area contributed by atoms with E-state index in [1.165, 1.54) is 25.3 Å². The molecule has 0 radical (unpaired) electrons. The van der Waals surface area contributed by atoms with E-state index in [-0.39, 0.29) is 30.0 Å². The normalized spacial score (nSPS) is 16.5. The first-order valence-corrected chi connectivity index (χ1v) is 12.3. The lowest BCUT2D eigenvalue weighted by Gasteiger charge is -2.31. The SMILES string of the molecule is CCOP(=S)(OCC)OC(=O)C1=C(C)NC(C)=C(C(=O)OC)C1c1cccc([N+](=O)[O-])c1. The minimum atomic E-state index is -3.40. The van der Waals surface area contributed by atoms with Crippen LogP contribution in [0.3, 0.4) is 0 Å². The van der Waals surface area contributed by atoms with Gasteiger partial charge >= 0.3 is 18.7 Å². The number of carbonyl (C=O) groups is 2.